The van der Waals surface area contributed by atoms with Crippen molar-refractivity contribution in [2.24, 2.45) is 0 Å². The molecule has 0 radical (unpaired) electrons. The van der Waals surface area contributed by atoms with Gasteiger partial charge in [0.2, 0.25) is 0 Å². The zero-order chi connectivity index (χ0) is 21.1. The number of carbonyl (C=O) groups excluding carboxylic acids is 1. The quantitative estimate of drug-likeness (QED) is 0.462. The molecule has 1 aromatic heterocycles. The molecule has 28 heavy (non-hydrogen) atoms. The van der Waals surface area contributed by atoms with E-state index in [0.29, 0.717) is 12.1 Å². The van der Waals surface area contributed by atoms with Crippen molar-refractivity contribution >= 4 is 21.9 Å². The molecule has 2 aromatic rings. The first-order valence-electron chi connectivity index (χ1n) is 7.48. The van der Waals surface area contributed by atoms with Crippen LogP contribution in [0.1, 0.15) is 19.0 Å². The highest BCUT2D eigenvalue weighted by Crippen LogP contribution is 2.36. The minimum absolute atomic E-state index is 0.0995. The average molecular weight is 428 g/mol. The summed E-state index contributed by atoms with van der Waals surface area (Å²) >= 11 is 0. The molecule has 2 rings (SSSR count). The number of hydrogen-bond acceptors (Lipinski definition) is 6. The third-order valence-corrected chi connectivity index (χ3v) is 4.23. The molecule has 1 heterocycles. The zero-order valence-electron chi connectivity index (χ0n) is 14.0. The maximum atomic E-state index is 13.5. The van der Waals surface area contributed by atoms with E-state index in [9.17, 15) is 35.2 Å². The summed E-state index contributed by atoms with van der Waals surface area (Å²) in [7, 11) is -4.32. The van der Waals surface area contributed by atoms with Crippen LogP contribution in [0.2, 0.25) is 0 Å². The van der Waals surface area contributed by atoms with Crippen LogP contribution in [0, 0.1) is 17.5 Å². The molecule has 3 N–H and O–H groups in total. The van der Waals surface area contributed by atoms with Gasteiger partial charge in [0.25, 0.3) is 16.4 Å². The summed E-state index contributed by atoms with van der Waals surface area (Å²) in [6, 6.07) is 0.900. The summed E-state index contributed by atoms with van der Waals surface area (Å²) < 4.78 is 96.0. The van der Waals surface area contributed by atoms with Crippen LogP contribution in [0.5, 0.6) is 0 Å². The Morgan fingerprint density at radius 3 is 2.39 bits per heavy atom. The first-order valence-corrected chi connectivity index (χ1v) is 9.13. The van der Waals surface area contributed by atoms with E-state index in [1.54, 1.807) is 0 Å². The van der Waals surface area contributed by atoms with E-state index in [1.807, 2.05) is 5.10 Å². The molecule has 0 aliphatic carbocycles. The summed E-state index contributed by atoms with van der Waals surface area (Å²) in [6.45, 7) is 1.34. The smallest absolute Gasteiger partial charge is 0.420 e. The van der Waals surface area contributed by atoms with Crippen molar-refractivity contribution in [1.29, 1.82) is 0 Å². The Bertz CT molecular complexity index is 957. The van der Waals surface area contributed by atoms with Gasteiger partial charge in [-0.1, -0.05) is 0 Å². The number of benzene rings is 1. The molecule has 0 spiro atoms. The van der Waals surface area contributed by atoms with Gasteiger partial charge in [0.05, 0.1) is 12.2 Å². The second kappa shape index (κ2) is 8.41. The van der Waals surface area contributed by atoms with Gasteiger partial charge in [-0.2, -0.15) is 5.10 Å². The van der Waals surface area contributed by atoms with Gasteiger partial charge in [-0.05, 0) is 24.6 Å². The van der Waals surface area contributed by atoms with E-state index in [-0.39, 0.29) is 6.61 Å². The van der Waals surface area contributed by atoms with E-state index in [1.165, 1.54) is 11.6 Å². The predicted octanol–water partition coefficient (Wildman–Crippen LogP) is 2.88. The SMILES string of the molecule is CCOC(=O)NS(=O)(=O)CNc1n[nH]c(C(F)F)c1-c1cc(F)c(F)c(F)c1. The fourth-order valence-corrected chi connectivity index (χ4v) is 2.83. The normalized spacial score (nSPS) is 11.5. The standard InChI is InChI=1S/C14H13F5N4O4S/c1-2-27-14(24)23-28(25,26)5-20-13-9(11(12(18)19)21-22-13)6-3-7(15)10(17)8(16)4-6/h3-4,12H,2,5H2,1H3,(H,23,24)(H2,20,21,22). The molecule has 0 aliphatic heterocycles. The molecule has 0 saturated carbocycles. The second-order valence-electron chi connectivity index (χ2n) is 5.17. The van der Waals surface area contributed by atoms with E-state index in [2.05, 4.69) is 15.2 Å². The first kappa shape index (κ1) is 21.4. The first-order chi connectivity index (χ1) is 13.1. The van der Waals surface area contributed by atoms with Gasteiger partial charge in [-0.25, -0.2) is 39.9 Å². The van der Waals surface area contributed by atoms with Crippen LogP contribution < -0.4 is 10.0 Å². The summed E-state index contributed by atoms with van der Waals surface area (Å²) in [5.41, 5.74) is -1.97. The number of aromatic amines is 1. The lowest BCUT2D eigenvalue weighted by Gasteiger charge is -2.10. The predicted molar refractivity (Wildman–Crippen MR) is 86.4 cm³/mol. The number of aromatic nitrogens is 2. The highest BCUT2D eigenvalue weighted by atomic mass is 32.2. The van der Waals surface area contributed by atoms with Gasteiger partial charge in [0, 0.05) is 0 Å². The number of amides is 1. The molecular formula is C14H13F5N4O4S. The molecule has 0 atom stereocenters. The van der Waals surface area contributed by atoms with Gasteiger partial charge in [0.15, 0.2) is 23.3 Å². The Morgan fingerprint density at radius 2 is 1.86 bits per heavy atom. The van der Waals surface area contributed by atoms with E-state index < -0.39 is 68.5 Å². The van der Waals surface area contributed by atoms with E-state index in [4.69, 9.17) is 0 Å². The summed E-state index contributed by atoms with van der Waals surface area (Å²) in [6.07, 6.45) is -4.44. The highest BCUT2D eigenvalue weighted by molar-refractivity contribution is 7.90. The number of ether oxygens (including phenoxy) is 1. The fourth-order valence-electron chi connectivity index (χ4n) is 2.12. The Hall–Kier alpha value is -2.90. The number of H-pyrrole nitrogens is 1. The lowest BCUT2D eigenvalue weighted by molar-refractivity contribution is 0.146. The van der Waals surface area contributed by atoms with Crippen LogP contribution in [-0.2, 0) is 14.8 Å². The van der Waals surface area contributed by atoms with Crippen LogP contribution in [0.4, 0.5) is 32.6 Å². The Balaban J connectivity index is 2.36. The number of halogens is 5. The molecule has 0 aliphatic rings. The van der Waals surface area contributed by atoms with Crippen LogP contribution in [0.25, 0.3) is 11.1 Å². The van der Waals surface area contributed by atoms with Crippen molar-refractivity contribution in [2.45, 2.75) is 13.3 Å². The fraction of sp³-hybridized carbons (Fsp3) is 0.286. The van der Waals surface area contributed by atoms with Crippen molar-refractivity contribution in [2.75, 3.05) is 17.8 Å². The van der Waals surface area contributed by atoms with Crippen molar-refractivity contribution < 1.29 is 39.9 Å². The Kier molecular flexibility index (Phi) is 6.43. The maximum absolute atomic E-state index is 13.5. The Labute approximate surface area is 155 Å². The number of alkyl halides is 2. The van der Waals surface area contributed by atoms with Crippen LogP contribution in [-0.4, -0.2) is 37.2 Å². The lowest BCUT2D eigenvalue weighted by Crippen LogP contribution is -2.35. The third kappa shape index (κ3) is 4.88. The molecule has 0 unspecified atom stereocenters. The number of anilines is 1. The van der Waals surface area contributed by atoms with Crippen molar-refractivity contribution in [3.05, 3.63) is 35.3 Å². The molecule has 0 bridgehead atoms. The summed E-state index contributed by atoms with van der Waals surface area (Å²) in [4.78, 5) is 11.2. The van der Waals surface area contributed by atoms with Crippen LogP contribution in [0.3, 0.4) is 0 Å². The van der Waals surface area contributed by atoms with Gasteiger partial charge >= 0.3 is 6.09 Å². The average Bonchev–Trinajstić information content (AvgIpc) is 3.01. The molecule has 14 heteroatoms. The number of nitrogens with one attached hydrogen (secondary N) is 3. The van der Waals surface area contributed by atoms with Gasteiger partial charge < -0.3 is 10.1 Å². The van der Waals surface area contributed by atoms with E-state index >= 15 is 0 Å². The molecular weight excluding hydrogens is 415 g/mol. The van der Waals surface area contributed by atoms with Gasteiger partial charge in [-0.15, -0.1) is 0 Å². The molecule has 154 valence electrons. The second-order valence-corrected chi connectivity index (χ2v) is 6.90. The number of nitrogens with zero attached hydrogens (tertiary/aromatic N) is 1. The highest BCUT2D eigenvalue weighted by Gasteiger charge is 2.25. The molecule has 1 amide bonds. The minimum atomic E-state index is -4.32. The minimum Gasteiger partial charge on any atom is -0.449 e. The van der Waals surface area contributed by atoms with Crippen molar-refractivity contribution in [3.63, 3.8) is 0 Å². The largest absolute Gasteiger partial charge is 0.449 e. The number of hydrogen-bond donors (Lipinski definition) is 3. The number of carbonyl (C=O) groups is 1. The third-order valence-electron chi connectivity index (χ3n) is 3.23. The summed E-state index contributed by atoms with van der Waals surface area (Å²) in [5.74, 6) is -6.62. The number of rotatable bonds is 7. The van der Waals surface area contributed by atoms with Crippen LogP contribution >= 0.6 is 0 Å². The molecule has 0 saturated heterocycles. The summed E-state index contributed by atoms with van der Waals surface area (Å²) in [5, 5.41) is 7.52. The lowest BCUT2D eigenvalue weighted by atomic mass is 10.0. The van der Waals surface area contributed by atoms with Gasteiger partial charge in [0.1, 0.15) is 11.6 Å². The van der Waals surface area contributed by atoms with Gasteiger partial charge in [-0.3, -0.25) is 5.10 Å². The maximum Gasteiger partial charge on any atom is 0.420 e. The van der Waals surface area contributed by atoms with E-state index in [0.717, 1.165) is 0 Å². The zero-order valence-corrected chi connectivity index (χ0v) is 14.8. The monoisotopic (exact) mass is 428 g/mol. The Morgan fingerprint density at radius 1 is 1.25 bits per heavy atom. The molecule has 0 fully saturated rings. The van der Waals surface area contributed by atoms with Crippen LogP contribution in [0.15, 0.2) is 12.1 Å². The number of sulfonamides is 1. The van der Waals surface area contributed by atoms with Crippen molar-refractivity contribution in [1.82, 2.24) is 14.9 Å². The molecule has 1 aromatic carbocycles. The topological polar surface area (TPSA) is 113 Å². The molecule has 8 nitrogen and oxygen atoms in total. The van der Waals surface area contributed by atoms with Crippen molar-refractivity contribution in [3.8, 4) is 11.1 Å².